The van der Waals surface area contributed by atoms with Crippen LogP contribution in [0.5, 0.6) is 0 Å². The lowest BCUT2D eigenvalue weighted by molar-refractivity contribution is 0.583. The number of hydrogen-bond donors (Lipinski definition) is 1. The maximum atomic E-state index is 6.19. The van der Waals surface area contributed by atoms with Gasteiger partial charge in [-0.2, -0.15) is 0 Å². The zero-order chi connectivity index (χ0) is 13.7. The Kier molecular flexibility index (Phi) is 4.88. The maximum absolute atomic E-state index is 6.19. The zero-order valence-corrected chi connectivity index (χ0v) is 12.0. The molecule has 19 heavy (non-hydrogen) atoms. The molecule has 0 saturated carbocycles. The highest BCUT2D eigenvalue weighted by Gasteiger charge is 2.14. The van der Waals surface area contributed by atoms with Crippen molar-refractivity contribution < 1.29 is 0 Å². The van der Waals surface area contributed by atoms with Gasteiger partial charge in [0.1, 0.15) is 0 Å². The van der Waals surface area contributed by atoms with Crippen LogP contribution in [0.1, 0.15) is 29.8 Å². The number of aryl methyl sites for hydroxylation is 1. The van der Waals surface area contributed by atoms with E-state index < -0.39 is 0 Å². The van der Waals surface area contributed by atoms with Gasteiger partial charge in [0.2, 0.25) is 0 Å². The van der Waals surface area contributed by atoms with E-state index >= 15 is 0 Å². The van der Waals surface area contributed by atoms with Crippen LogP contribution in [0.3, 0.4) is 0 Å². The first-order valence-electron chi connectivity index (χ1n) is 6.45. The van der Waals surface area contributed by atoms with Gasteiger partial charge in [0, 0.05) is 36.7 Å². The Balaban J connectivity index is 2.17. The van der Waals surface area contributed by atoms with Gasteiger partial charge in [-0.05, 0) is 36.7 Å². The second kappa shape index (κ2) is 6.64. The first-order chi connectivity index (χ1) is 9.24. The monoisotopic (exact) mass is 275 g/mol. The Morgan fingerprint density at radius 3 is 2.68 bits per heavy atom. The van der Waals surface area contributed by atoms with Crippen molar-refractivity contribution >= 4 is 11.6 Å². The molecule has 2 rings (SSSR count). The average Bonchev–Trinajstić information content (AvgIpc) is 2.46. The van der Waals surface area contributed by atoms with Gasteiger partial charge in [-0.15, -0.1) is 0 Å². The first-order valence-corrected chi connectivity index (χ1v) is 6.83. The molecule has 1 N–H and O–H groups in total. The Morgan fingerprint density at radius 1 is 1.26 bits per heavy atom. The molecule has 2 aromatic rings. The van der Waals surface area contributed by atoms with Crippen LogP contribution < -0.4 is 5.32 Å². The van der Waals surface area contributed by atoms with Gasteiger partial charge in [0.05, 0.1) is 5.02 Å². The summed E-state index contributed by atoms with van der Waals surface area (Å²) in [7, 11) is 1.93. The predicted octanol–water partition coefficient (Wildman–Crippen LogP) is 3.20. The normalized spacial score (nSPS) is 12.4. The minimum atomic E-state index is 0.149. The molecule has 0 aromatic carbocycles. The molecular weight excluding hydrogens is 258 g/mol. The maximum Gasteiger partial charge on any atom is 0.0637 e. The Hall–Kier alpha value is -1.45. The highest BCUT2D eigenvalue weighted by molar-refractivity contribution is 6.31. The molecule has 1 unspecified atom stereocenters. The molecule has 0 aliphatic heterocycles. The molecule has 0 radical (unpaired) electrons. The molecule has 4 heteroatoms. The summed E-state index contributed by atoms with van der Waals surface area (Å²) >= 11 is 6.19. The van der Waals surface area contributed by atoms with Crippen molar-refractivity contribution in [2.45, 2.75) is 25.8 Å². The summed E-state index contributed by atoms with van der Waals surface area (Å²) in [5, 5.41) is 3.97. The number of likely N-dealkylation sites (N-methyl/N-ethyl adjacent to an activating group) is 1. The molecule has 0 spiro atoms. The summed E-state index contributed by atoms with van der Waals surface area (Å²) in [5.74, 6) is 0. The highest BCUT2D eigenvalue weighted by Crippen LogP contribution is 2.24. The number of nitrogens with one attached hydrogen (secondary N) is 1. The minimum Gasteiger partial charge on any atom is -0.313 e. The number of halogens is 1. The van der Waals surface area contributed by atoms with Crippen molar-refractivity contribution in [3.63, 3.8) is 0 Å². The molecule has 0 fully saturated rings. The van der Waals surface area contributed by atoms with Crippen LogP contribution in [0, 0.1) is 0 Å². The molecule has 1 atom stereocenters. The molecule has 2 heterocycles. The summed E-state index contributed by atoms with van der Waals surface area (Å²) in [5.41, 5.74) is 3.37. The summed E-state index contributed by atoms with van der Waals surface area (Å²) in [6.07, 6.45) is 7.20. The van der Waals surface area contributed by atoms with Crippen molar-refractivity contribution in [3.05, 3.63) is 58.6 Å². The van der Waals surface area contributed by atoms with E-state index in [-0.39, 0.29) is 6.04 Å². The minimum absolute atomic E-state index is 0.149. The van der Waals surface area contributed by atoms with Gasteiger partial charge in [-0.3, -0.25) is 9.97 Å². The SMILES string of the molecule is CCc1ccc(CC(NC)c2ccncc2Cl)nc1. The van der Waals surface area contributed by atoms with Gasteiger partial charge >= 0.3 is 0 Å². The zero-order valence-electron chi connectivity index (χ0n) is 11.2. The Morgan fingerprint density at radius 2 is 2.11 bits per heavy atom. The molecule has 0 aliphatic carbocycles. The van der Waals surface area contributed by atoms with E-state index in [0.717, 1.165) is 24.1 Å². The quantitative estimate of drug-likeness (QED) is 0.911. The van der Waals surface area contributed by atoms with E-state index in [1.807, 2.05) is 19.3 Å². The van der Waals surface area contributed by atoms with Gasteiger partial charge in [0.15, 0.2) is 0 Å². The van der Waals surface area contributed by atoms with Crippen molar-refractivity contribution in [1.29, 1.82) is 0 Å². The smallest absolute Gasteiger partial charge is 0.0637 e. The lowest BCUT2D eigenvalue weighted by atomic mass is 10.0. The third-order valence-corrected chi connectivity index (χ3v) is 3.55. The van der Waals surface area contributed by atoms with Crippen molar-refractivity contribution in [2.24, 2.45) is 0 Å². The number of aromatic nitrogens is 2. The summed E-state index contributed by atoms with van der Waals surface area (Å²) < 4.78 is 0. The molecule has 0 saturated heterocycles. The van der Waals surface area contributed by atoms with Gasteiger partial charge < -0.3 is 5.32 Å². The number of pyridine rings is 2. The Bertz CT molecular complexity index is 525. The molecule has 0 aliphatic rings. The molecule has 0 bridgehead atoms. The van der Waals surface area contributed by atoms with Crippen molar-refractivity contribution in [3.8, 4) is 0 Å². The van der Waals surface area contributed by atoms with E-state index in [9.17, 15) is 0 Å². The van der Waals surface area contributed by atoms with Crippen LogP contribution >= 0.6 is 11.6 Å². The molecule has 0 amide bonds. The van der Waals surface area contributed by atoms with Crippen molar-refractivity contribution in [1.82, 2.24) is 15.3 Å². The fourth-order valence-electron chi connectivity index (χ4n) is 2.03. The summed E-state index contributed by atoms with van der Waals surface area (Å²) in [6, 6.07) is 6.31. The second-order valence-corrected chi connectivity index (χ2v) is 4.86. The highest BCUT2D eigenvalue weighted by atomic mass is 35.5. The Labute approximate surface area is 119 Å². The van der Waals surface area contributed by atoms with Crippen molar-refractivity contribution in [2.75, 3.05) is 7.05 Å². The number of rotatable bonds is 5. The standard InChI is InChI=1S/C15H18ClN3/c1-3-11-4-5-12(19-9-11)8-15(17-2)13-6-7-18-10-14(13)16/h4-7,9-10,15,17H,3,8H2,1-2H3. The van der Waals surface area contributed by atoms with Crippen LogP contribution in [0.4, 0.5) is 0 Å². The third-order valence-electron chi connectivity index (χ3n) is 3.24. The molecule has 3 nitrogen and oxygen atoms in total. The molecular formula is C15H18ClN3. The third kappa shape index (κ3) is 3.52. The largest absolute Gasteiger partial charge is 0.313 e. The van der Waals surface area contributed by atoms with E-state index in [2.05, 4.69) is 34.3 Å². The predicted molar refractivity (Wildman–Crippen MR) is 78.4 cm³/mol. The number of hydrogen-bond acceptors (Lipinski definition) is 3. The van der Waals surface area contributed by atoms with E-state index in [1.54, 1.807) is 12.4 Å². The van der Waals surface area contributed by atoms with Gasteiger partial charge in [-0.1, -0.05) is 24.6 Å². The van der Waals surface area contributed by atoms with E-state index in [0.29, 0.717) is 5.02 Å². The lowest BCUT2D eigenvalue weighted by Crippen LogP contribution is -2.19. The topological polar surface area (TPSA) is 37.8 Å². The van der Waals surface area contributed by atoms with Crippen LogP contribution in [0.25, 0.3) is 0 Å². The van der Waals surface area contributed by atoms with Crippen LogP contribution in [0.2, 0.25) is 5.02 Å². The average molecular weight is 276 g/mol. The molecule has 2 aromatic heterocycles. The summed E-state index contributed by atoms with van der Waals surface area (Å²) in [6.45, 7) is 2.13. The first kappa shape index (κ1) is 14.0. The van der Waals surface area contributed by atoms with Gasteiger partial charge in [0.25, 0.3) is 0 Å². The lowest BCUT2D eigenvalue weighted by Gasteiger charge is -2.17. The molecule has 100 valence electrons. The fourth-order valence-corrected chi connectivity index (χ4v) is 2.28. The second-order valence-electron chi connectivity index (χ2n) is 4.45. The van der Waals surface area contributed by atoms with E-state index in [1.165, 1.54) is 5.56 Å². The van der Waals surface area contributed by atoms with E-state index in [4.69, 9.17) is 11.6 Å². The van der Waals surface area contributed by atoms with Crippen LogP contribution in [0.15, 0.2) is 36.8 Å². The summed E-state index contributed by atoms with van der Waals surface area (Å²) in [4.78, 5) is 8.51. The van der Waals surface area contributed by atoms with Crippen LogP contribution in [-0.2, 0) is 12.8 Å². The number of nitrogens with zero attached hydrogens (tertiary/aromatic N) is 2. The van der Waals surface area contributed by atoms with Crippen LogP contribution in [-0.4, -0.2) is 17.0 Å². The fraction of sp³-hybridized carbons (Fsp3) is 0.333. The van der Waals surface area contributed by atoms with Gasteiger partial charge in [-0.25, -0.2) is 0 Å².